The lowest BCUT2D eigenvalue weighted by molar-refractivity contribution is 0.177. The highest BCUT2D eigenvalue weighted by Crippen LogP contribution is 2.30. The van der Waals surface area contributed by atoms with E-state index in [1.807, 2.05) is 37.3 Å². The SMILES string of the molecule is CCOc1cc(C(=S)N2CCN(Cc3ccccc3)CC2)ccc1OCc1cccc(F)c1. The van der Waals surface area contributed by atoms with Gasteiger partial charge in [0.2, 0.25) is 0 Å². The van der Waals surface area contributed by atoms with Crippen molar-refractivity contribution in [3.05, 3.63) is 95.3 Å². The second-order valence-electron chi connectivity index (χ2n) is 8.07. The van der Waals surface area contributed by atoms with Crippen molar-refractivity contribution in [3.8, 4) is 11.5 Å². The van der Waals surface area contributed by atoms with E-state index in [-0.39, 0.29) is 12.4 Å². The van der Waals surface area contributed by atoms with Gasteiger partial charge in [0.05, 0.1) is 6.61 Å². The zero-order valence-electron chi connectivity index (χ0n) is 18.9. The molecule has 0 aliphatic carbocycles. The third-order valence-electron chi connectivity index (χ3n) is 5.68. The number of halogens is 1. The van der Waals surface area contributed by atoms with Crippen LogP contribution >= 0.6 is 12.2 Å². The minimum Gasteiger partial charge on any atom is -0.490 e. The lowest BCUT2D eigenvalue weighted by Crippen LogP contribution is -2.48. The fourth-order valence-corrected chi connectivity index (χ4v) is 4.26. The number of piperazine rings is 1. The first-order valence-corrected chi connectivity index (χ1v) is 11.7. The van der Waals surface area contributed by atoms with E-state index < -0.39 is 0 Å². The Labute approximate surface area is 200 Å². The van der Waals surface area contributed by atoms with Gasteiger partial charge < -0.3 is 14.4 Å². The van der Waals surface area contributed by atoms with Crippen LogP contribution in [-0.2, 0) is 13.2 Å². The molecule has 0 bridgehead atoms. The van der Waals surface area contributed by atoms with Gasteiger partial charge in [-0.2, -0.15) is 0 Å². The molecule has 1 aliphatic rings. The molecular weight excluding hydrogens is 435 g/mol. The van der Waals surface area contributed by atoms with Gasteiger partial charge in [0.1, 0.15) is 17.4 Å². The normalized spacial score (nSPS) is 14.2. The first kappa shape index (κ1) is 23.2. The lowest BCUT2D eigenvalue weighted by Gasteiger charge is -2.36. The molecule has 0 amide bonds. The fraction of sp³-hybridized carbons (Fsp3) is 0.296. The molecule has 6 heteroatoms. The zero-order valence-corrected chi connectivity index (χ0v) is 19.7. The van der Waals surface area contributed by atoms with Crippen LogP contribution in [0.4, 0.5) is 4.39 Å². The average Bonchev–Trinajstić information content (AvgIpc) is 2.84. The molecule has 3 aromatic rings. The van der Waals surface area contributed by atoms with Gasteiger partial charge in [0.15, 0.2) is 11.5 Å². The molecule has 0 unspecified atom stereocenters. The van der Waals surface area contributed by atoms with Gasteiger partial charge in [-0.15, -0.1) is 0 Å². The second-order valence-corrected chi connectivity index (χ2v) is 8.45. The number of nitrogens with zero attached hydrogens (tertiary/aromatic N) is 2. The van der Waals surface area contributed by atoms with Crippen LogP contribution in [-0.4, -0.2) is 47.6 Å². The monoisotopic (exact) mass is 464 g/mol. The Bertz CT molecular complexity index is 1070. The van der Waals surface area contributed by atoms with E-state index >= 15 is 0 Å². The molecule has 1 saturated heterocycles. The fourth-order valence-electron chi connectivity index (χ4n) is 3.95. The minimum absolute atomic E-state index is 0.269. The minimum atomic E-state index is -0.273. The van der Waals surface area contributed by atoms with Gasteiger partial charge >= 0.3 is 0 Å². The van der Waals surface area contributed by atoms with Crippen molar-refractivity contribution < 1.29 is 13.9 Å². The van der Waals surface area contributed by atoms with E-state index in [1.54, 1.807) is 6.07 Å². The third-order valence-corrected chi connectivity index (χ3v) is 6.18. The summed E-state index contributed by atoms with van der Waals surface area (Å²) in [5.41, 5.74) is 3.05. The van der Waals surface area contributed by atoms with E-state index in [1.165, 1.54) is 17.7 Å². The van der Waals surface area contributed by atoms with Crippen molar-refractivity contribution in [2.75, 3.05) is 32.8 Å². The summed E-state index contributed by atoms with van der Waals surface area (Å²) < 4.78 is 25.2. The molecule has 1 fully saturated rings. The standard InChI is InChI=1S/C27H29FN2O2S/c1-2-31-26-18-23(11-12-25(26)32-20-22-9-6-10-24(28)17-22)27(33)30-15-13-29(14-16-30)19-21-7-4-3-5-8-21/h3-12,17-18H,2,13-16,19-20H2,1H3. The van der Waals surface area contributed by atoms with Crippen molar-refractivity contribution in [1.29, 1.82) is 0 Å². The molecule has 3 aromatic carbocycles. The van der Waals surface area contributed by atoms with Crippen LogP contribution in [0.15, 0.2) is 72.8 Å². The largest absolute Gasteiger partial charge is 0.490 e. The Balaban J connectivity index is 1.37. The molecule has 4 rings (SSSR count). The average molecular weight is 465 g/mol. The number of rotatable bonds is 8. The van der Waals surface area contributed by atoms with E-state index in [2.05, 4.69) is 34.1 Å². The Morgan fingerprint density at radius 1 is 0.848 bits per heavy atom. The Hall–Kier alpha value is -2.96. The maximum absolute atomic E-state index is 13.4. The summed E-state index contributed by atoms with van der Waals surface area (Å²) in [7, 11) is 0. The van der Waals surface area contributed by atoms with Crippen molar-refractivity contribution in [2.45, 2.75) is 20.1 Å². The Morgan fingerprint density at radius 3 is 2.33 bits per heavy atom. The van der Waals surface area contributed by atoms with Gasteiger partial charge in [0, 0.05) is 38.3 Å². The zero-order chi connectivity index (χ0) is 23.0. The van der Waals surface area contributed by atoms with Crippen LogP contribution in [0.1, 0.15) is 23.6 Å². The molecule has 33 heavy (non-hydrogen) atoms. The highest BCUT2D eigenvalue weighted by atomic mass is 32.1. The van der Waals surface area contributed by atoms with E-state index in [0.29, 0.717) is 18.1 Å². The van der Waals surface area contributed by atoms with Crippen LogP contribution in [0.25, 0.3) is 0 Å². The molecule has 172 valence electrons. The maximum atomic E-state index is 13.4. The van der Waals surface area contributed by atoms with Crippen LogP contribution in [0, 0.1) is 5.82 Å². The highest BCUT2D eigenvalue weighted by molar-refractivity contribution is 7.80. The van der Waals surface area contributed by atoms with Crippen LogP contribution in [0.2, 0.25) is 0 Å². The number of hydrogen-bond acceptors (Lipinski definition) is 4. The number of ether oxygens (including phenoxy) is 2. The molecule has 0 atom stereocenters. The molecule has 0 saturated carbocycles. The molecule has 0 N–H and O–H groups in total. The van der Waals surface area contributed by atoms with Crippen LogP contribution in [0.5, 0.6) is 11.5 Å². The van der Waals surface area contributed by atoms with Crippen molar-refractivity contribution in [3.63, 3.8) is 0 Å². The molecule has 0 aromatic heterocycles. The van der Waals surface area contributed by atoms with Gasteiger partial charge in [-0.25, -0.2) is 4.39 Å². The summed E-state index contributed by atoms with van der Waals surface area (Å²) in [6.07, 6.45) is 0. The quantitative estimate of drug-likeness (QED) is 0.422. The number of hydrogen-bond donors (Lipinski definition) is 0. The third kappa shape index (κ3) is 6.30. The van der Waals surface area contributed by atoms with Gasteiger partial charge in [-0.05, 0) is 48.4 Å². The number of thiocarbonyl (C=S) groups is 1. The van der Waals surface area contributed by atoms with E-state index in [4.69, 9.17) is 21.7 Å². The molecule has 0 spiro atoms. The summed E-state index contributed by atoms with van der Waals surface area (Å²) in [6, 6.07) is 22.8. The first-order chi connectivity index (χ1) is 16.1. The topological polar surface area (TPSA) is 24.9 Å². The van der Waals surface area contributed by atoms with E-state index in [0.717, 1.165) is 48.8 Å². The summed E-state index contributed by atoms with van der Waals surface area (Å²) in [6.45, 7) is 7.43. The molecule has 1 heterocycles. The Kier molecular flexibility index (Phi) is 7.92. The van der Waals surface area contributed by atoms with Crippen molar-refractivity contribution in [2.24, 2.45) is 0 Å². The van der Waals surface area contributed by atoms with Gasteiger partial charge in [-0.3, -0.25) is 4.90 Å². The number of benzene rings is 3. The van der Waals surface area contributed by atoms with Crippen LogP contribution < -0.4 is 9.47 Å². The van der Waals surface area contributed by atoms with Crippen LogP contribution in [0.3, 0.4) is 0 Å². The Morgan fingerprint density at radius 2 is 1.61 bits per heavy atom. The van der Waals surface area contributed by atoms with Crippen molar-refractivity contribution in [1.82, 2.24) is 9.80 Å². The van der Waals surface area contributed by atoms with Gasteiger partial charge in [-0.1, -0.05) is 54.7 Å². The smallest absolute Gasteiger partial charge is 0.161 e. The maximum Gasteiger partial charge on any atom is 0.161 e. The first-order valence-electron chi connectivity index (χ1n) is 11.3. The predicted octanol–water partition coefficient (Wildman–Crippen LogP) is 5.30. The van der Waals surface area contributed by atoms with Gasteiger partial charge in [0.25, 0.3) is 0 Å². The van der Waals surface area contributed by atoms with Crippen molar-refractivity contribution >= 4 is 17.2 Å². The molecule has 0 radical (unpaired) electrons. The lowest BCUT2D eigenvalue weighted by atomic mass is 10.1. The van der Waals surface area contributed by atoms with E-state index in [9.17, 15) is 4.39 Å². The molecular formula is C27H29FN2O2S. The second kappa shape index (κ2) is 11.3. The summed E-state index contributed by atoms with van der Waals surface area (Å²) in [5, 5.41) is 0. The summed E-state index contributed by atoms with van der Waals surface area (Å²) in [5.74, 6) is 1.00. The highest BCUT2D eigenvalue weighted by Gasteiger charge is 2.21. The predicted molar refractivity (Wildman–Crippen MR) is 133 cm³/mol. The summed E-state index contributed by atoms with van der Waals surface area (Å²) in [4.78, 5) is 5.55. The molecule has 4 nitrogen and oxygen atoms in total. The molecule has 1 aliphatic heterocycles. The summed E-state index contributed by atoms with van der Waals surface area (Å²) >= 11 is 5.82.